The molecule has 8 aliphatic rings. The van der Waals surface area contributed by atoms with Crippen LogP contribution in [0.25, 0.3) is 0 Å². The van der Waals surface area contributed by atoms with E-state index in [0.717, 1.165) is 7.11 Å². The Hall–Kier alpha value is -3.12. The van der Waals surface area contributed by atoms with Gasteiger partial charge in [0.2, 0.25) is 6.29 Å². The fourth-order valence-electron chi connectivity index (χ4n) is 12.2. The maximum absolute atomic E-state index is 14.4. The maximum atomic E-state index is 14.4. The van der Waals surface area contributed by atoms with Crippen LogP contribution in [0.15, 0.2) is 24.0 Å². The predicted octanol–water partition coefficient (Wildman–Crippen LogP) is -0.203. The minimum atomic E-state index is -2.41. The second kappa shape index (κ2) is 10.5. The van der Waals surface area contributed by atoms with Gasteiger partial charge in [0.25, 0.3) is 5.79 Å². The maximum Gasteiger partial charge on any atom is 0.366 e. The largest absolute Gasteiger partial charge is 0.469 e. The topological polar surface area (TPSA) is 212 Å². The molecule has 7 fully saturated rings. The highest BCUT2D eigenvalue weighted by Gasteiger charge is 2.96. The summed E-state index contributed by atoms with van der Waals surface area (Å²) in [4.78, 5) is 54.8. The lowest BCUT2D eigenvalue weighted by Crippen LogP contribution is -2.86. The summed E-state index contributed by atoms with van der Waals surface area (Å²) in [5.41, 5.74) is -11.0. The zero-order valence-electron chi connectivity index (χ0n) is 29.4. The van der Waals surface area contributed by atoms with E-state index in [1.807, 2.05) is 0 Å². The number of fused-ring (bicyclic) bond motifs is 7. The van der Waals surface area contributed by atoms with Gasteiger partial charge >= 0.3 is 23.9 Å². The molecule has 3 N–H and O–H groups in total. The van der Waals surface area contributed by atoms with Gasteiger partial charge in [-0.3, -0.25) is 9.59 Å². The molecule has 0 spiro atoms. The van der Waals surface area contributed by atoms with E-state index in [4.69, 9.17) is 42.6 Å². The fourth-order valence-corrected chi connectivity index (χ4v) is 12.2. The van der Waals surface area contributed by atoms with Gasteiger partial charge < -0.3 is 58.0 Å². The third-order valence-electron chi connectivity index (χ3n) is 14.2. The standard InChI is InChI=1S/C35H44O16/c1-8-15(2)24(38)49-18-12-19(48-16(3)36)31(26(39)43-6)13-46-21-22(31)29(18,4)25-32(23(21)37)14-47-34(25,27(40)44-7)51-30(5)17-11-20(35(30,32)42)50-28-33(17,41)9-10-45-28/h8-10,17-23,25,28,37,41-42H,11-14H2,1-7H3/b15-8+/t17-,18-,19+,20-,21-,22-,23-,25+,28-,29-,30+,31-,32+,33-,34-,35+/m1/s1. The van der Waals surface area contributed by atoms with Gasteiger partial charge in [-0.25, -0.2) is 9.59 Å². The molecular weight excluding hydrogens is 676 g/mol. The van der Waals surface area contributed by atoms with E-state index in [9.17, 15) is 34.5 Å². The molecule has 5 heterocycles. The zero-order chi connectivity index (χ0) is 36.9. The van der Waals surface area contributed by atoms with Crippen LogP contribution in [0.1, 0.15) is 47.5 Å². The summed E-state index contributed by atoms with van der Waals surface area (Å²) in [5, 5.41) is 38.5. The molecule has 0 amide bonds. The molecule has 280 valence electrons. The minimum Gasteiger partial charge on any atom is -0.469 e. The van der Waals surface area contributed by atoms with E-state index >= 15 is 0 Å². The molecule has 51 heavy (non-hydrogen) atoms. The molecule has 16 heteroatoms. The molecule has 0 aromatic rings. The van der Waals surface area contributed by atoms with E-state index in [-0.39, 0.29) is 25.0 Å². The summed E-state index contributed by atoms with van der Waals surface area (Å²) in [7, 11) is 2.30. The van der Waals surface area contributed by atoms with Crippen LogP contribution in [0.3, 0.4) is 0 Å². The summed E-state index contributed by atoms with van der Waals surface area (Å²) >= 11 is 0. The first-order valence-corrected chi connectivity index (χ1v) is 17.2. The van der Waals surface area contributed by atoms with Crippen molar-refractivity contribution in [3.8, 4) is 0 Å². The molecule has 16 nitrogen and oxygen atoms in total. The Morgan fingerprint density at radius 1 is 0.961 bits per heavy atom. The van der Waals surface area contributed by atoms with Crippen molar-refractivity contribution >= 4 is 23.9 Å². The second-order valence-electron chi connectivity index (χ2n) is 15.8. The Morgan fingerprint density at radius 3 is 2.31 bits per heavy atom. The first-order chi connectivity index (χ1) is 23.9. The van der Waals surface area contributed by atoms with Crippen LogP contribution in [0.5, 0.6) is 0 Å². The molecule has 8 rings (SSSR count). The number of aliphatic hydroxyl groups excluding tert-OH is 1. The Balaban J connectivity index is 1.42. The predicted molar refractivity (Wildman–Crippen MR) is 164 cm³/mol. The Bertz CT molecular complexity index is 1660. The Morgan fingerprint density at radius 2 is 1.67 bits per heavy atom. The summed E-state index contributed by atoms with van der Waals surface area (Å²) in [5.74, 6) is -9.30. The lowest BCUT2D eigenvalue weighted by molar-refractivity contribution is -0.410. The van der Waals surface area contributed by atoms with Crippen LogP contribution in [-0.2, 0) is 61.8 Å². The Kier molecular flexibility index (Phi) is 7.20. The van der Waals surface area contributed by atoms with E-state index in [1.165, 1.54) is 33.3 Å². The van der Waals surface area contributed by atoms with Crippen LogP contribution >= 0.6 is 0 Å². The summed E-state index contributed by atoms with van der Waals surface area (Å²) in [6.45, 7) is 6.71. The average Bonchev–Trinajstić information content (AvgIpc) is 3.83. The number of carbonyl (C=O) groups excluding carboxylic acids is 4. The highest BCUT2D eigenvalue weighted by molar-refractivity contribution is 5.88. The van der Waals surface area contributed by atoms with Crippen LogP contribution in [-0.4, -0.2) is 126 Å². The highest BCUT2D eigenvalue weighted by Crippen LogP contribution is 2.81. The number of rotatable bonds is 5. The number of hydrogen-bond donors (Lipinski definition) is 3. The smallest absolute Gasteiger partial charge is 0.366 e. The molecule has 5 aliphatic heterocycles. The molecule has 0 unspecified atom stereocenters. The van der Waals surface area contributed by atoms with Gasteiger partial charge in [0, 0.05) is 42.1 Å². The van der Waals surface area contributed by atoms with Crippen molar-refractivity contribution in [2.45, 2.75) is 107 Å². The van der Waals surface area contributed by atoms with Gasteiger partial charge in [-0.2, -0.15) is 0 Å². The number of allylic oxidation sites excluding steroid dienone is 1. The van der Waals surface area contributed by atoms with Crippen molar-refractivity contribution in [3.63, 3.8) is 0 Å². The number of ether oxygens (including phenoxy) is 9. The molecule has 4 saturated heterocycles. The van der Waals surface area contributed by atoms with Crippen molar-refractivity contribution in [2.24, 2.45) is 34.0 Å². The fraction of sp³-hybridized carbons (Fsp3) is 0.771. The third-order valence-corrected chi connectivity index (χ3v) is 14.2. The van der Waals surface area contributed by atoms with Crippen LogP contribution in [0.2, 0.25) is 0 Å². The van der Waals surface area contributed by atoms with Gasteiger partial charge in [0.15, 0.2) is 5.60 Å². The summed E-state index contributed by atoms with van der Waals surface area (Å²) in [6.07, 6.45) is -3.94. The quantitative estimate of drug-likeness (QED) is 0.191. The van der Waals surface area contributed by atoms with E-state index in [2.05, 4.69) is 0 Å². The monoisotopic (exact) mass is 720 g/mol. The van der Waals surface area contributed by atoms with Crippen LogP contribution in [0.4, 0.5) is 0 Å². The molecule has 0 aromatic heterocycles. The van der Waals surface area contributed by atoms with Gasteiger partial charge in [0.1, 0.15) is 28.8 Å². The molecule has 0 aromatic carbocycles. The summed E-state index contributed by atoms with van der Waals surface area (Å²) < 4.78 is 54.5. The number of esters is 4. The molecule has 0 radical (unpaired) electrons. The van der Waals surface area contributed by atoms with Gasteiger partial charge in [-0.1, -0.05) is 13.0 Å². The van der Waals surface area contributed by atoms with Crippen LogP contribution in [0, 0.1) is 34.0 Å². The van der Waals surface area contributed by atoms with Crippen LogP contribution < -0.4 is 0 Å². The first kappa shape index (κ1) is 34.9. The molecule has 3 aliphatic carbocycles. The minimum absolute atomic E-state index is 0.0251. The SMILES string of the molecule is C/C=C(\C)C(=O)O[C@@H]1C[C@H](OC(C)=O)[C@]2(C(=O)OC)CO[C@H]3[C@@H](O)[C@]45CO[C@@](C(=O)OC)(O[C@@]6(C)[C@H]7C[C@@H](O[C@H]8OC=C[C@]87O)[C@@]46O)[C@H]5[C@@]1(C)[C@@H]32. The number of carbonyl (C=O) groups is 4. The normalized spacial score (nSPS) is 53.9. The van der Waals surface area contributed by atoms with Crippen molar-refractivity contribution < 1.29 is 77.1 Å². The molecular formula is C35H44O16. The average molecular weight is 721 g/mol. The number of hydrogen-bond acceptors (Lipinski definition) is 16. The number of methoxy groups -OCH3 is 2. The van der Waals surface area contributed by atoms with E-state index in [1.54, 1.807) is 26.8 Å². The zero-order valence-corrected chi connectivity index (χ0v) is 29.4. The molecule has 3 saturated carbocycles. The van der Waals surface area contributed by atoms with Crippen molar-refractivity contribution in [1.82, 2.24) is 0 Å². The van der Waals surface area contributed by atoms with Crippen molar-refractivity contribution in [2.75, 3.05) is 27.4 Å². The van der Waals surface area contributed by atoms with Gasteiger partial charge in [-0.15, -0.1) is 0 Å². The third kappa shape index (κ3) is 3.56. The number of aliphatic hydroxyl groups is 3. The molecule has 16 atom stereocenters. The van der Waals surface area contributed by atoms with Crippen molar-refractivity contribution in [3.05, 3.63) is 24.0 Å². The second-order valence-corrected chi connectivity index (χ2v) is 15.8. The molecule has 4 bridgehead atoms. The summed E-state index contributed by atoms with van der Waals surface area (Å²) in [6, 6.07) is 0. The lowest BCUT2D eigenvalue weighted by Gasteiger charge is -2.71. The van der Waals surface area contributed by atoms with E-state index < -0.39 is 124 Å². The highest BCUT2D eigenvalue weighted by atomic mass is 16.8. The van der Waals surface area contributed by atoms with Gasteiger partial charge in [-0.05, 0) is 33.3 Å². The first-order valence-electron chi connectivity index (χ1n) is 17.2. The van der Waals surface area contributed by atoms with Crippen molar-refractivity contribution in [1.29, 1.82) is 0 Å². The van der Waals surface area contributed by atoms with E-state index in [0.29, 0.717) is 0 Å². The lowest BCUT2D eigenvalue weighted by atomic mass is 9.35. The Labute approximate surface area is 293 Å². The van der Waals surface area contributed by atoms with Gasteiger partial charge in [0.05, 0.1) is 57.4 Å².